The molecule has 0 unspecified atom stereocenters. The topological polar surface area (TPSA) is 247 Å². The predicted octanol–water partition coefficient (Wildman–Crippen LogP) is 27.5. The summed E-state index contributed by atoms with van der Waals surface area (Å²) in [6.07, 6.45) is 0.973. The molecular formula is C105H114Cl5N7O7. The molecule has 0 atom stereocenters. The van der Waals surface area contributed by atoms with E-state index in [1.54, 1.807) is 12.1 Å². The molecule has 19 heteroatoms. The SMILES string of the molecule is CCc1cc(C)ccc1OCc1ccccc1N.Cc1cc(C)c(OCc2ccccc2N)cc1C.Cc1cc(C)c(OCc2ccccc2N)cc1Cl.Cc1cc(Cl)c(OCc2ccccc2N)cc1C.Cc1cc(Cl)c(OCc2ccccc2N)cc1Cl.Cc1ccc(OCc2ccccc2N)c(C)c1.Cc1ccc(OCc2ccccc2N)c(Cl)c1. The van der Waals surface area contributed by atoms with E-state index in [0.29, 0.717) is 89.3 Å². The van der Waals surface area contributed by atoms with Gasteiger partial charge in [-0.25, -0.2) is 0 Å². The van der Waals surface area contributed by atoms with Crippen LogP contribution in [0.2, 0.25) is 25.1 Å². The van der Waals surface area contributed by atoms with Crippen LogP contribution in [0.5, 0.6) is 40.2 Å². The fourth-order valence-corrected chi connectivity index (χ4v) is 13.4. The normalized spacial score (nSPS) is 10.3. The highest BCUT2D eigenvalue weighted by Crippen LogP contribution is 2.35. The van der Waals surface area contributed by atoms with E-state index in [0.717, 1.165) is 152 Å². The lowest BCUT2D eigenvalue weighted by Gasteiger charge is -2.12. The van der Waals surface area contributed by atoms with E-state index in [2.05, 4.69) is 84.9 Å². The number of para-hydroxylation sites is 7. The summed E-state index contributed by atoms with van der Waals surface area (Å²) in [7, 11) is 0. The van der Waals surface area contributed by atoms with E-state index >= 15 is 0 Å². The number of ether oxygens (including phenoxy) is 7. The van der Waals surface area contributed by atoms with Gasteiger partial charge in [-0.15, -0.1) is 0 Å². The zero-order valence-electron chi connectivity index (χ0n) is 72.9. The number of halogens is 5. The molecule has 0 bridgehead atoms. The summed E-state index contributed by atoms with van der Waals surface area (Å²) in [6.45, 7) is 29.8. The molecule has 0 fully saturated rings. The molecule has 14 rings (SSSR count). The predicted molar refractivity (Wildman–Crippen MR) is 523 cm³/mol. The highest BCUT2D eigenvalue weighted by Gasteiger charge is 2.14. The van der Waals surface area contributed by atoms with Gasteiger partial charge in [-0.3, -0.25) is 0 Å². The summed E-state index contributed by atoms with van der Waals surface area (Å²) in [4.78, 5) is 0. The first-order chi connectivity index (χ1) is 59.3. The van der Waals surface area contributed by atoms with E-state index < -0.39 is 0 Å². The molecule has 0 aromatic heterocycles. The van der Waals surface area contributed by atoms with Crippen molar-refractivity contribution in [1.29, 1.82) is 0 Å². The van der Waals surface area contributed by atoms with Crippen molar-refractivity contribution < 1.29 is 33.2 Å². The Morgan fingerprint density at radius 3 is 0.782 bits per heavy atom. The molecule has 0 saturated carbocycles. The van der Waals surface area contributed by atoms with Crippen molar-refractivity contribution in [3.05, 3.63) is 409 Å². The lowest BCUT2D eigenvalue weighted by Crippen LogP contribution is -2.01. The Balaban J connectivity index is 0.000000179. The molecule has 0 spiro atoms. The molecule has 14 aromatic rings. The first-order valence-corrected chi connectivity index (χ1v) is 42.5. The van der Waals surface area contributed by atoms with Crippen molar-refractivity contribution >= 4 is 97.8 Å². The van der Waals surface area contributed by atoms with Gasteiger partial charge < -0.3 is 73.3 Å². The Kier molecular flexibility index (Phi) is 38.5. The first kappa shape index (κ1) is 97.2. The van der Waals surface area contributed by atoms with Crippen molar-refractivity contribution in [2.24, 2.45) is 0 Å². The average molecular weight is 1760 g/mol. The van der Waals surface area contributed by atoms with Gasteiger partial charge in [-0.05, 0) is 248 Å². The second kappa shape index (κ2) is 49.1. The molecule has 124 heavy (non-hydrogen) atoms. The monoisotopic (exact) mass is 1760 g/mol. The van der Waals surface area contributed by atoms with Gasteiger partial charge in [0.15, 0.2) is 0 Å². The van der Waals surface area contributed by atoms with Crippen LogP contribution in [0.4, 0.5) is 39.8 Å². The Bertz CT molecular complexity index is 5320. The Labute approximate surface area is 758 Å². The highest BCUT2D eigenvalue weighted by molar-refractivity contribution is 6.35. The molecule has 0 radical (unpaired) electrons. The van der Waals surface area contributed by atoms with Gasteiger partial charge in [0.1, 0.15) is 86.5 Å². The van der Waals surface area contributed by atoms with Crippen LogP contribution in [0.15, 0.2) is 273 Å². The molecule has 0 amide bonds. The van der Waals surface area contributed by atoms with Crippen LogP contribution in [-0.4, -0.2) is 0 Å². The van der Waals surface area contributed by atoms with Crippen LogP contribution >= 0.6 is 58.0 Å². The molecule has 14 N–H and O–H groups in total. The molecule has 0 aliphatic rings. The quantitative estimate of drug-likeness (QED) is 0.0312. The van der Waals surface area contributed by atoms with Crippen LogP contribution in [0.1, 0.15) is 118 Å². The number of benzene rings is 14. The number of hydrogen-bond donors (Lipinski definition) is 7. The van der Waals surface area contributed by atoms with E-state index in [1.165, 1.54) is 27.8 Å². The summed E-state index contributed by atoms with van der Waals surface area (Å²) in [5.41, 5.74) is 68.3. The molecule has 0 aliphatic carbocycles. The van der Waals surface area contributed by atoms with Crippen LogP contribution in [-0.2, 0) is 52.7 Å². The van der Waals surface area contributed by atoms with E-state index in [9.17, 15) is 0 Å². The van der Waals surface area contributed by atoms with Gasteiger partial charge in [0.05, 0.1) is 15.1 Å². The molecular weight excluding hydrogens is 1650 g/mol. The Morgan fingerprint density at radius 1 is 0.185 bits per heavy atom. The van der Waals surface area contributed by atoms with Crippen molar-refractivity contribution in [2.75, 3.05) is 40.1 Å². The minimum atomic E-state index is 0.367. The summed E-state index contributed by atoms with van der Waals surface area (Å²) >= 11 is 30.5. The number of anilines is 7. The maximum Gasteiger partial charge on any atom is 0.139 e. The lowest BCUT2D eigenvalue weighted by atomic mass is 10.1. The molecule has 0 saturated heterocycles. The van der Waals surface area contributed by atoms with Gasteiger partial charge in [0.2, 0.25) is 0 Å². The molecule has 0 heterocycles. The average Bonchev–Trinajstić information content (AvgIpc) is 0.853. The highest BCUT2D eigenvalue weighted by atomic mass is 35.5. The largest absolute Gasteiger partial charge is 0.489 e. The van der Waals surface area contributed by atoms with Crippen LogP contribution < -0.4 is 73.3 Å². The van der Waals surface area contributed by atoms with Gasteiger partial charge in [0.25, 0.3) is 0 Å². The first-order valence-electron chi connectivity index (χ1n) is 40.6. The van der Waals surface area contributed by atoms with E-state index in [4.69, 9.17) is 131 Å². The molecule has 14 nitrogen and oxygen atoms in total. The van der Waals surface area contributed by atoms with Gasteiger partial charge in [0, 0.05) is 94.9 Å². The van der Waals surface area contributed by atoms with Crippen molar-refractivity contribution in [3.63, 3.8) is 0 Å². The number of rotatable bonds is 22. The summed E-state index contributed by atoms with van der Waals surface area (Å²) in [5.74, 6) is 5.54. The summed E-state index contributed by atoms with van der Waals surface area (Å²) in [6, 6.07) is 87.6. The van der Waals surface area contributed by atoms with Crippen LogP contribution in [0.3, 0.4) is 0 Å². The van der Waals surface area contributed by atoms with E-state index in [-0.39, 0.29) is 0 Å². The van der Waals surface area contributed by atoms with Crippen LogP contribution in [0.25, 0.3) is 0 Å². The third-order valence-corrected chi connectivity index (χ3v) is 21.8. The molecule has 646 valence electrons. The van der Waals surface area contributed by atoms with E-state index in [1.807, 2.05) is 266 Å². The minimum absolute atomic E-state index is 0.367. The third-order valence-electron chi connectivity index (χ3n) is 20.1. The summed E-state index contributed by atoms with van der Waals surface area (Å²) < 4.78 is 40.3. The standard InChI is InChI=1S/2C16H19NO.2C15H16ClNO.C15H17NO.C14H13Cl2NO.C14H14ClNO/c1-11-8-13(3)16(9-12(11)2)18-10-14-6-4-5-7-15(14)17;1-3-13-10-12(2)8-9-16(13)18-11-14-6-4-5-7-15(14)17;1-10-7-13(16)15(8-11(10)2)18-9-12-5-3-4-6-14(12)17;1-10-7-11(2)15(8-13(10)16)18-9-12-5-3-4-6-14(12)17;1-11-7-8-15(12(2)9-11)17-10-13-5-3-4-6-14(13)16;1-9-6-12(16)14(7-11(9)15)18-8-10-4-2-3-5-13(10)17;1-10-6-7-14(12(15)8-10)17-9-11-4-2-3-5-13(11)16/h4-9H,10,17H2,1-3H3;4-10H,3,11,17H2,1-2H3;2*3-8H,9,17H2,1-2H3;3-9H,10,16H2,1-2H3;2-7H,8,17H2,1H3;2-8H,9,16H2,1H3. The van der Waals surface area contributed by atoms with Gasteiger partial charge in [-0.2, -0.15) is 0 Å². The lowest BCUT2D eigenvalue weighted by molar-refractivity contribution is 0.304. The smallest absolute Gasteiger partial charge is 0.139 e. The Hall–Kier alpha value is -12.3. The maximum atomic E-state index is 6.15. The fraction of sp³-hybridized carbons (Fsp3) is 0.200. The van der Waals surface area contributed by atoms with Gasteiger partial charge in [-0.1, -0.05) is 246 Å². The van der Waals surface area contributed by atoms with Crippen molar-refractivity contribution in [3.8, 4) is 40.2 Å². The minimum Gasteiger partial charge on any atom is -0.489 e. The number of nitrogen functional groups attached to an aromatic ring is 7. The van der Waals surface area contributed by atoms with Crippen molar-refractivity contribution in [2.45, 2.75) is 143 Å². The Morgan fingerprint density at radius 2 is 0.419 bits per heavy atom. The number of aryl methyl sites for hydroxylation is 13. The zero-order valence-corrected chi connectivity index (χ0v) is 76.7. The molecule has 0 aliphatic heterocycles. The van der Waals surface area contributed by atoms with Crippen LogP contribution in [0, 0.1) is 83.1 Å². The second-order valence-electron chi connectivity index (χ2n) is 30.0. The molecule has 14 aromatic carbocycles. The zero-order chi connectivity index (χ0) is 89.9. The summed E-state index contributed by atoms with van der Waals surface area (Å²) in [5, 5.41) is 3.16. The van der Waals surface area contributed by atoms with Crippen molar-refractivity contribution in [1.82, 2.24) is 0 Å². The fourth-order valence-electron chi connectivity index (χ4n) is 12.2. The number of nitrogens with two attached hydrogens (primary N) is 7. The van der Waals surface area contributed by atoms with Gasteiger partial charge >= 0.3 is 0 Å². The maximum absolute atomic E-state index is 6.15. The second-order valence-corrected chi connectivity index (χ2v) is 32.1. The number of hydrogen-bond acceptors (Lipinski definition) is 14. The third kappa shape index (κ3) is 31.0.